The van der Waals surface area contributed by atoms with Gasteiger partial charge in [-0.25, -0.2) is 0 Å². The first-order valence-electron chi connectivity index (χ1n) is 4.86. The molecule has 6 heteroatoms. The fourth-order valence-electron chi connectivity index (χ4n) is 1.59. The second kappa shape index (κ2) is 6.15. The Kier molecular flexibility index (Phi) is 5.15. The van der Waals surface area contributed by atoms with Gasteiger partial charge in [0.1, 0.15) is 31.0 Å². The molecule has 1 fully saturated rings. The summed E-state index contributed by atoms with van der Waals surface area (Å²) in [5.41, 5.74) is 0. The smallest absolute Gasteiger partial charge is 0.186 e. The number of ether oxygens (including phenoxy) is 3. The van der Waals surface area contributed by atoms with Gasteiger partial charge in [0.05, 0.1) is 6.61 Å². The molecule has 1 aliphatic rings. The van der Waals surface area contributed by atoms with Gasteiger partial charge >= 0.3 is 0 Å². The first-order valence-corrected chi connectivity index (χ1v) is 4.86. The minimum Gasteiger partial charge on any atom is -0.394 e. The molecule has 16 heavy (non-hydrogen) atoms. The van der Waals surface area contributed by atoms with Gasteiger partial charge in [-0.2, -0.15) is 0 Å². The molecule has 1 saturated heterocycles. The van der Waals surface area contributed by atoms with Crippen LogP contribution in [0.4, 0.5) is 0 Å². The highest BCUT2D eigenvalue weighted by Gasteiger charge is 2.45. The Morgan fingerprint density at radius 2 is 2.06 bits per heavy atom. The average Bonchev–Trinajstić information content (AvgIpc) is 2.29. The van der Waals surface area contributed by atoms with Crippen molar-refractivity contribution >= 4 is 0 Å². The summed E-state index contributed by atoms with van der Waals surface area (Å²) in [7, 11) is 1.35. The molecule has 0 aromatic heterocycles. The predicted octanol–water partition coefficient (Wildman–Crippen LogP) is -1.91. The van der Waals surface area contributed by atoms with Crippen molar-refractivity contribution in [3.63, 3.8) is 0 Å². The van der Waals surface area contributed by atoms with E-state index in [2.05, 4.69) is 5.92 Å². The van der Waals surface area contributed by atoms with Gasteiger partial charge in [0.25, 0.3) is 0 Å². The summed E-state index contributed by atoms with van der Waals surface area (Å²) < 4.78 is 15.1. The minimum absolute atomic E-state index is 0.0482. The maximum Gasteiger partial charge on any atom is 0.186 e. The number of aliphatic hydroxyl groups excluding tert-OH is 3. The van der Waals surface area contributed by atoms with Crippen molar-refractivity contribution in [3.8, 4) is 12.3 Å². The third-order valence-electron chi connectivity index (χ3n) is 2.41. The van der Waals surface area contributed by atoms with Gasteiger partial charge < -0.3 is 29.5 Å². The van der Waals surface area contributed by atoms with Crippen molar-refractivity contribution in [1.29, 1.82) is 0 Å². The molecule has 1 aliphatic heterocycles. The Balaban J connectivity index is 2.72. The molecule has 0 amide bonds. The van der Waals surface area contributed by atoms with Crippen molar-refractivity contribution in [2.75, 3.05) is 20.3 Å². The summed E-state index contributed by atoms with van der Waals surface area (Å²) in [6, 6.07) is 0. The highest BCUT2D eigenvalue weighted by Crippen LogP contribution is 2.23. The van der Waals surface area contributed by atoms with E-state index in [-0.39, 0.29) is 6.61 Å². The minimum atomic E-state index is -1.16. The van der Waals surface area contributed by atoms with E-state index in [0.717, 1.165) is 0 Å². The normalized spacial score (nSPS) is 39.3. The van der Waals surface area contributed by atoms with Crippen molar-refractivity contribution in [3.05, 3.63) is 0 Å². The van der Waals surface area contributed by atoms with Gasteiger partial charge in [0.2, 0.25) is 0 Å². The van der Waals surface area contributed by atoms with Gasteiger partial charge in [0.15, 0.2) is 6.29 Å². The van der Waals surface area contributed by atoms with Crippen LogP contribution < -0.4 is 0 Å². The standard InChI is InChI=1S/C10H16O6/c1-3-4-15-9-7(12)6(5-11)16-10(14-2)8(9)13/h1,6-13H,4-5H2,2H3/t6-,7-,8+,9+,10+/m1/s1. The largest absolute Gasteiger partial charge is 0.394 e. The summed E-state index contributed by atoms with van der Waals surface area (Å²) in [6.07, 6.45) is -0.0466. The van der Waals surface area contributed by atoms with Crippen LogP contribution >= 0.6 is 0 Å². The van der Waals surface area contributed by atoms with Crippen LogP contribution in [0.1, 0.15) is 0 Å². The van der Waals surface area contributed by atoms with Crippen LogP contribution in [0.2, 0.25) is 0 Å². The molecule has 0 aromatic carbocycles. The van der Waals surface area contributed by atoms with E-state index >= 15 is 0 Å². The van der Waals surface area contributed by atoms with Crippen LogP contribution in [0.3, 0.4) is 0 Å². The third-order valence-corrected chi connectivity index (χ3v) is 2.41. The molecule has 0 aliphatic carbocycles. The molecule has 5 atom stereocenters. The zero-order chi connectivity index (χ0) is 12.1. The molecule has 3 N–H and O–H groups in total. The zero-order valence-corrected chi connectivity index (χ0v) is 8.94. The number of rotatable bonds is 4. The number of hydrogen-bond donors (Lipinski definition) is 3. The highest BCUT2D eigenvalue weighted by molar-refractivity contribution is 4.92. The maximum atomic E-state index is 9.75. The fourth-order valence-corrected chi connectivity index (χ4v) is 1.59. The molecule has 0 aromatic rings. The van der Waals surface area contributed by atoms with E-state index in [1.807, 2.05) is 0 Å². The molecule has 0 saturated carbocycles. The third kappa shape index (κ3) is 2.71. The van der Waals surface area contributed by atoms with Gasteiger partial charge in [-0.3, -0.25) is 0 Å². The summed E-state index contributed by atoms with van der Waals surface area (Å²) in [6.45, 7) is -0.447. The van der Waals surface area contributed by atoms with Gasteiger partial charge in [-0.05, 0) is 0 Å². The molecule has 0 spiro atoms. The van der Waals surface area contributed by atoms with Gasteiger partial charge in [-0.1, -0.05) is 5.92 Å². The quantitative estimate of drug-likeness (QED) is 0.490. The van der Waals surface area contributed by atoms with Crippen molar-refractivity contribution < 1.29 is 29.5 Å². The van der Waals surface area contributed by atoms with E-state index in [0.29, 0.717) is 0 Å². The molecular formula is C10H16O6. The van der Waals surface area contributed by atoms with Crippen LogP contribution in [-0.2, 0) is 14.2 Å². The van der Waals surface area contributed by atoms with Crippen LogP contribution in [0, 0.1) is 12.3 Å². The zero-order valence-electron chi connectivity index (χ0n) is 8.94. The lowest BCUT2D eigenvalue weighted by atomic mass is 9.99. The van der Waals surface area contributed by atoms with E-state index in [1.54, 1.807) is 0 Å². The second-order valence-corrected chi connectivity index (χ2v) is 3.42. The average molecular weight is 232 g/mol. The summed E-state index contributed by atoms with van der Waals surface area (Å²) in [4.78, 5) is 0. The van der Waals surface area contributed by atoms with Crippen molar-refractivity contribution in [1.82, 2.24) is 0 Å². The lowest BCUT2D eigenvalue weighted by Gasteiger charge is -2.40. The predicted molar refractivity (Wildman–Crippen MR) is 53.3 cm³/mol. The molecule has 0 radical (unpaired) electrons. The number of terminal acetylenes is 1. The first-order chi connectivity index (χ1) is 7.65. The SMILES string of the molecule is C#CCO[C@@H]1[C@H](O)[C@@H](OC)O[C@H](CO)[C@H]1O. The van der Waals surface area contributed by atoms with E-state index in [1.165, 1.54) is 7.11 Å². The first kappa shape index (κ1) is 13.4. The lowest BCUT2D eigenvalue weighted by Crippen LogP contribution is -2.59. The monoisotopic (exact) mass is 232 g/mol. The molecule has 0 unspecified atom stereocenters. The molecular weight excluding hydrogens is 216 g/mol. The van der Waals surface area contributed by atoms with E-state index in [4.69, 9.17) is 25.7 Å². The summed E-state index contributed by atoms with van der Waals surface area (Å²) >= 11 is 0. The molecule has 92 valence electrons. The Labute approximate surface area is 93.7 Å². The fraction of sp³-hybridized carbons (Fsp3) is 0.800. The molecule has 6 nitrogen and oxygen atoms in total. The van der Waals surface area contributed by atoms with Gasteiger partial charge in [-0.15, -0.1) is 6.42 Å². The Bertz CT molecular complexity index is 234. The number of aliphatic hydroxyl groups is 3. The van der Waals surface area contributed by atoms with Crippen LogP contribution in [0.25, 0.3) is 0 Å². The Morgan fingerprint density at radius 1 is 1.38 bits per heavy atom. The molecule has 1 heterocycles. The maximum absolute atomic E-state index is 9.75. The van der Waals surface area contributed by atoms with Crippen molar-refractivity contribution in [2.24, 2.45) is 0 Å². The Morgan fingerprint density at radius 3 is 2.56 bits per heavy atom. The lowest BCUT2D eigenvalue weighted by molar-refractivity contribution is -0.300. The van der Waals surface area contributed by atoms with Crippen LogP contribution in [0.15, 0.2) is 0 Å². The van der Waals surface area contributed by atoms with E-state index in [9.17, 15) is 10.2 Å². The molecule has 1 rings (SSSR count). The second-order valence-electron chi connectivity index (χ2n) is 3.42. The number of hydrogen-bond acceptors (Lipinski definition) is 6. The highest BCUT2D eigenvalue weighted by atomic mass is 16.7. The topological polar surface area (TPSA) is 88.4 Å². The van der Waals surface area contributed by atoms with E-state index < -0.39 is 37.3 Å². The van der Waals surface area contributed by atoms with Crippen molar-refractivity contribution in [2.45, 2.75) is 30.7 Å². The summed E-state index contributed by atoms with van der Waals surface area (Å²) in [5, 5.41) is 28.5. The van der Waals surface area contributed by atoms with Gasteiger partial charge in [0, 0.05) is 7.11 Å². The Hall–Kier alpha value is -0.680. The van der Waals surface area contributed by atoms with Crippen LogP contribution in [0.5, 0.6) is 0 Å². The number of methoxy groups -OCH3 is 1. The summed E-state index contributed by atoms with van der Waals surface area (Å²) in [5.74, 6) is 2.23. The van der Waals surface area contributed by atoms with Crippen LogP contribution in [-0.4, -0.2) is 66.3 Å². The molecule has 0 bridgehead atoms.